The number of quaternary nitrogens is 1. The average Bonchev–Trinajstić information content (AvgIpc) is 2.95. The molecule has 2 bridgehead atoms. The van der Waals surface area contributed by atoms with Crippen LogP contribution in [0.15, 0.2) is 0 Å². The maximum Gasteiger partial charge on any atom is 0.113 e. The molecule has 1 N–H and O–H groups in total. The number of rotatable bonds is 5. The second kappa shape index (κ2) is 6.46. The Bertz CT molecular complexity index is 615. The molecule has 6 heteroatoms. The van der Waals surface area contributed by atoms with Crippen molar-refractivity contribution in [2.24, 2.45) is 5.92 Å². The summed E-state index contributed by atoms with van der Waals surface area (Å²) in [4.78, 5) is 7.31. The molecule has 3 aliphatic heterocycles. The fraction of sp³-hybridized carbons (Fsp3) is 0.778. The fourth-order valence-corrected chi connectivity index (χ4v) is 6.36. The summed E-state index contributed by atoms with van der Waals surface area (Å²) >= 11 is 7.48. The third-order valence-corrected chi connectivity index (χ3v) is 7.78. The topological polar surface area (TPSA) is 33.1 Å². The number of hydrogen-bond donors (Lipinski definition) is 1. The van der Waals surface area contributed by atoms with E-state index in [1.807, 2.05) is 11.3 Å². The van der Waals surface area contributed by atoms with E-state index in [9.17, 15) is 5.11 Å². The summed E-state index contributed by atoms with van der Waals surface area (Å²) in [6.07, 6.45) is 9.38. The van der Waals surface area contributed by atoms with Crippen molar-refractivity contribution in [2.45, 2.75) is 63.4 Å². The lowest BCUT2D eigenvalue weighted by Crippen LogP contribution is -2.68. The van der Waals surface area contributed by atoms with Gasteiger partial charge >= 0.3 is 0 Å². The fourth-order valence-electron chi connectivity index (χ4n) is 4.83. The molecule has 4 aliphatic rings. The summed E-state index contributed by atoms with van der Waals surface area (Å²) < 4.78 is 0.555. The van der Waals surface area contributed by atoms with Crippen LogP contribution in [0.2, 0.25) is 0 Å². The van der Waals surface area contributed by atoms with Crippen molar-refractivity contribution in [1.82, 2.24) is 4.98 Å². The van der Waals surface area contributed by atoms with E-state index in [-0.39, 0.29) is 0 Å². The van der Waals surface area contributed by atoms with E-state index in [1.54, 1.807) is 0 Å². The van der Waals surface area contributed by atoms with Gasteiger partial charge in [-0.3, -0.25) is 0 Å². The van der Waals surface area contributed by atoms with Gasteiger partial charge in [-0.15, -0.1) is 11.3 Å². The number of aromatic nitrogens is 1. The van der Waals surface area contributed by atoms with Gasteiger partial charge in [-0.2, -0.15) is 0 Å². The first-order valence-electron chi connectivity index (χ1n) is 9.32. The van der Waals surface area contributed by atoms with Crippen molar-refractivity contribution >= 4 is 36.4 Å². The number of aryl methyl sites for hydroxylation is 2. The summed E-state index contributed by atoms with van der Waals surface area (Å²) in [7, 11) is 6.39. The maximum absolute atomic E-state index is 11.1. The molecule has 0 aromatic carbocycles. The van der Waals surface area contributed by atoms with Gasteiger partial charge in [0.1, 0.15) is 5.60 Å². The SMILES string of the molecule is [B-][N+]12CCC(CC1)C(O)(CCC(=S)Cc1nc3c(s1)CCCC3)C2. The van der Waals surface area contributed by atoms with Crippen LogP contribution in [0.3, 0.4) is 0 Å². The minimum atomic E-state index is -0.614. The second-order valence-electron chi connectivity index (χ2n) is 8.10. The van der Waals surface area contributed by atoms with Crippen molar-refractivity contribution in [1.29, 1.82) is 0 Å². The van der Waals surface area contributed by atoms with E-state index in [0.29, 0.717) is 16.9 Å². The Morgan fingerprint density at radius 1 is 1.33 bits per heavy atom. The van der Waals surface area contributed by atoms with Crippen LogP contribution in [-0.2, 0) is 19.3 Å². The molecule has 0 amide bonds. The van der Waals surface area contributed by atoms with Crippen LogP contribution in [0.5, 0.6) is 0 Å². The van der Waals surface area contributed by atoms with E-state index in [4.69, 9.17) is 25.2 Å². The van der Waals surface area contributed by atoms with Gasteiger partial charge in [0.25, 0.3) is 0 Å². The highest BCUT2D eigenvalue weighted by atomic mass is 32.1. The third kappa shape index (κ3) is 3.35. The van der Waals surface area contributed by atoms with Crippen LogP contribution in [-0.4, -0.2) is 52.6 Å². The number of piperidine rings is 3. The standard InChI is InChI=1S/C18H26BN2OS2/c19-21-9-6-13(7-10-21)18(22,12-21)8-5-14(23)11-17-20-15-3-1-2-4-16(15)24-17/h13,22H,1-12H2. The number of thiocarbonyl (C=S) groups is 1. The molecular weight excluding hydrogens is 335 g/mol. The van der Waals surface area contributed by atoms with Gasteiger partial charge in [-0.05, 0) is 56.2 Å². The third-order valence-electron chi connectivity index (χ3n) is 6.27. The smallest absolute Gasteiger partial charge is 0.113 e. The first kappa shape index (κ1) is 17.1. The van der Waals surface area contributed by atoms with E-state index in [2.05, 4.69) is 0 Å². The van der Waals surface area contributed by atoms with Crippen molar-refractivity contribution in [3.63, 3.8) is 0 Å². The highest BCUT2D eigenvalue weighted by Gasteiger charge is 2.47. The van der Waals surface area contributed by atoms with Crippen LogP contribution in [0, 0.1) is 5.92 Å². The van der Waals surface area contributed by atoms with Crippen LogP contribution in [0.25, 0.3) is 0 Å². The normalized spacial score (nSPS) is 35.0. The lowest BCUT2D eigenvalue weighted by molar-refractivity contribution is -0.846. The Balaban J connectivity index is 1.34. The Morgan fingerprint density at radius 2 is 2.08 bits per heavy atom. The van der Waals surface area contributed by atoms with Gasteiger partial charge in [-0.1, -0.05) is 12.2 Å². The molecule has 3 fully saturated rings. The minimum Gasteiger partial charge on any atom is -0.586 e. The van der Waals surface area contributed by atoms with Gasteiger partial charge in [0, 0.05) is 30.3 Å². The number of fused-ring (bicyclic) bond motifs is 4. The van der Waals surface area contributed by atoms with Gasteiger partial charge in [-0.25, -0.2) is 13.0 Å². The van der Waals surface area contributed by atoms with E-state index < -0.39 is 5.60 Å². The van der Waals surface area contributed by atoms with Crippen molar-refractivity contribution in [2.75, 3.05) is 19.6 Å². The predicted octanol–water partition coefficient (Wildman–Crippen LogP) is 2.77. The van der Waals surface area contributed by atoms with Gasteiger partial charge in [0.2, 0.25) is 0 Å². The predicted molar refractivity (Wildman–Crippen MR) is 103 cm³/mol. The minimum absolute atomic E-state index is 0.413. The Morgan fingerprint density at radius 3 is 2.79 bits per heavy atom. The molecule has 1 aliphatic carbocycles. The second-order valence-corrected chi connectivity index (χ2v) is 9.85. The monoisotopic (exact) mass is 361 g/mol. The Kier molecular flexibility index (Phi) is 4.61. The quantitative estimate of drug-likeness (QED) is 0.647. The zero-order chi connectivity index (χ0) is 16.8. The molecule has 1 aromatic heterocycles. The van der Waals surface area contributed by atoms with E-state index in [1.165, 1.54) is 34.8 Å². The lowest BCUT2D eigenvalue weighted by Gasteiger charge is -2.64. The molecule has 4 heterocycles. The summed E-state index contributed by atoms with van der Waals surface area (Å²) in [5.74, 6) is 0.413. The van der Waals surface area contributed by atoms with Crippen LogP contribution < -0.4 is 0 Å². The van der Waals surface area contributed by atoms with Crippen molar-refractivity contribution in [3.8, 4) is 0 Å². The van der Waals surface area contributed by atoms with Gasteiger partial charge in [0.15, 0.2) is 0 Å². The largest absolute Gasteiger partial charge is 0.586 e. The molecule has 3 radical (unpaired) electrons. The molecule has 3 saturated heterocycles. The first-order valence-corrected chi connectivity index (χ1v) is 10.5. The molecule has 0 saturated carbocycles. The molecule has 3 nitrogen and oxygen atoms in total. The summed E-state index contributed by atoms with van der Waals surface area (Å²) in [5.41, 5.74) is 0.701. The molecule has 0 spiro atoms. The molecule has 1 unspecified atom stereocenters. The summed E-state index contributed by atoms with van der Waals surface area (Å²) in [5, 5.41) is 12.3. The van der Waals surface area contributed by atoms with Crippen molar-refractivity contribution in [3.05, 3.63) is 15.6 Å². The highest BCUT2D eigenvalue weighted by molar-refractivity contribution is 7.80. The van der Waals surface area contributed by atoms with Gasteiger partial charge < -0.3 is 9.50 Å². The first-order chi connectivity index (χ1) is 11.5. The zero-order valence-electron chi connectivity index (χ0n) is 14.3. The van der Waals surface area contributed by atoms with E-state index in [0.717, 1.165) is 56.5 Å². The Hall–Kier alpha value is -0.295. The summed E-state index contributed by atoms with van der Waals surface area (Å²) in [6.45, 7) is 2.73. The highest BCUT2D eigenvalue weighted by Crippen LogP contribution is 2.41. The Labute approximate surface area is 155 Å². The molecule has 1 atom stereocenters. The number of hydrogen-bond acceptors (Lipinski definition) is 4. The van der Waals surface area contributed by atoms with Crippen LogP contribution in [0.1, 0.15) is 54.1 Å². The van der Waals surface area contributed by atoms with Crippen LogP contribution in [0.4, 0.5) is 0 Å². The van der Waals surface area contributed by atoms with Gasteiger partial charge in [0.05, 0.1) is 17.2 Å². The molecule has 24 heavy (non-hydrogen) atoms. The molecule has 1 aromatic rings. The number of thiazole rings is 1. The number of aliphatic hydroxyl groups is 1. The van der Waals surface area contributed by atoms with Crippen molar-refractivity contribution < 1.29 is 9.50 Å². The maximum atomic E-state index is 11.1. The zero-order valence-corrected chi connectivity index (χ0v) is 15.9. The number of nitrogens with zero attached hydrogens (tertiary/aromatic N) is 2. The molecular formula is C18H26BN2OS2. The molecule has 129 valence electrons. The average molecular weight is 361 g/mol. The lowest BCUT2D eigenvalue weighted by atomic mass is 9.69. The molecule has 5 rings (SSSR count). The van der Waals surface area contributed by atoms with Crippen LogP contribution >= 0.6 is 23.6 Å². The summed E-state index contributed by atoms with van der Waals surface area (Å²) in [6, 6.07) is 0. The van der Waals surface area contributed by atoms with E-state index >= 15 is 0 Å².